The van der Waals surface area contributed by atoms with Crippen LogP contribution < -0.4 is 16.8 Å². The van der Waals surface area contributed by atoms with Crippen molar-refractivity contribution in [3.05, 3.63) is 0 Å². The zero-order chi connectivity index (χ0) is 12.1. The Kier molecular flexibility index (Phi) is 4.54. The zero-order valence-corrected chi connectivity index (χ0v) is 9.77. The monoisotopic (exact) mass is 228 g/mol. The third kappa shape index (κ3) is 4.06. The predicted octanol–water partition coefficient (Wildman–Crippen LogP) is -0.668. The first kappa shape index (κ1) is 12.8. The van der Waals surface area contributed by atoms with Crippen LogP contribution in [0.3, 0.4) is 0 Å². The number of rotatable bonds is 4. The predicted molar refractivity (Wildman–Crippen MR) is 61.9 cm³/mol. The highest BCUT2D eigenvalue weighted by Gasteiger charge is 2.28. The van der Waals surface area contributed by atoms with E-state index in [-0.39, 0.29) is 12.1 Å². The van der Waals surface area contributed by atoms with Crippen molar-refractivity contribution in [1.29, 1.82) is 0 Å². The minimum Gasteiger partial charge on any atom is -0.370 e. The van der Waals surface area contributed by atoms with Crippen molar-refractivity contribution in [2.45, 2.75) is 44.9 Å². The standard InChI is InChI=1S/C10H20N4O2/c1-6(2)14-10(12)13-5-7-3-4-8(16-7)9(11)15/h6-8H,3-5H2,1-2H3,(H2,11,15)(H3,12,13,14). The minimum atomic E-state index is -0.459. The van der Waals surface area contributed by atoms with Gasteiger partial charge in [-0.3, -0.25) is 9.79 Å². The van der Waals surface area contributed by atoms with Crippen LogP contribution in [-0.2, 0) is 9.53 Å². The Bertz CT molecular complexity index is 278. The van der Waals surface area contributed by atoms with E-state index >= 15 is 0 Å². The molecule has 6 nitrogen and oxygen atoms in total. The summed E-state index contributed by atoms with van der Waals surface area (Å²) in [5.74, 6) is 0.000817. The summed E-state index contributed by atoms with van der Waals surface area (Å²) in [6.45, 7) is 4.43. The van der Waals surface area contributed by atoms with E-state index in [1.165, 1.54) is 0 Å². The van der Waals surface area contributed by atoms with Crippen molar-refractivity contribution in [1.82, 2.24) is 5.32 Å². The Hall–Kier alpha value is -1.30. The minimum absolute atomic E-state index is 0.0509. The molecule has 0 aliphatic carbocycles. The van der Waals surface area contributed by atoms with Gasteiger partial charge in [0.25, 0.3) is 0 Å². The molecular weight excluding hydrogens is 208 g/mol. The molecule has 0 spiro atoms. The van der Waals surface area contributed by atoms with Crippen LogP contribution >= 0.6 is 0 Å². The van der Waals surface area contributed by atoms with Gasteiger partial charge in [0.05, 0.1) is 12.6 Å². The van der Waals surface area contributed by atoms with Crippen LogP contribution in [0.2, 0.25) is 0 Å². The fourth-order valence-electron chi connectivity index (χ4n) is 1.59. The summed E-state index contributed by atoms with van der Waals surface area (Å²) >= 11 is 0. The molecule has 92 valence electrons. The first-order chi connectivity index (χ1) is 7.49. The topological polar surface area (TPSA) is 103 Å². The number of hydrogen-bond donors (Lipinski definition) is 3. The lowest BCUT2D eigenvalue weighted by Gasteiger charge is -2.11. The maximum atomic E-state index is 10.9. The number of hydrogen-bond acceptors (Lipinski definition) is 3. The number of aliphatic imine (C=N–C) groups is 1. The molecule has 0 aromatic carbocycles. The lowest BCUT2D eigenvalue weighted by atomic mass is 10.2. The van der Waals surface area contributed by atoms with Gasteiger partial charge >= 0.3 is 0 Å². The van der Waals surface area contributed by atoms with Gasteiger partial charge in [0.15, 0.2) is 5.96 Å². The second-order valence-corrected chi connectivity index (χ2v) is 4.25. The molecule has 0 bridgehead atoms. The second-order valence-electron chi connectivity index (χ2n) is 4.25. The normalized spacial score (nSPS) is 26.1. The maximum Gasteiger partial charge on any atom is 0.246 e. The Labute approximate surface area is 95.4 Å². The van der Waals surface area contributed by atoms with E-state index in [1.807, 2.05) is 13.8 Å². The van der Waals surface area contributed by atoms with Crippen molar-refractivity contribution >= 4 is 11.9 Å². The summed E-state index contributed by atoms with van der Waals surface area (Å²) in [5, 5.41) is 2.98. The number of guanidine groups is 1. The van der Waals surface area contributed by atoms with E-state index in [0.29, 0.717) is 18.9 Å². The molecule has 16 heavy (non-hydrogen) atoms. The summed E-state index contributed by atoms with van der Waals surface area (Å²) in [6.07, 6.45) is 0.962. The Morgan fingerprint density at radius 1 is 1.50 bits per heavy atom. The Morgan fingerprint density at radius 3 is 2.69 bits per heavy atom. The summed E-state index contributed by atoms with van der Waals surface area (Å²) in [5.41, 5.74) is 10.8. The van der Waals surface area contributed by atoms with Crippen molar-refractivity contribution in [2.75, 3.05) is 6.54 Å². The highest BCUT2D eigenvalue weighted by molar-refractivity contribution is 5.79. The van der Waals surface area contributed by atoms with Crippen LogP contribution in [0.1, 0.15) is 26.7 Å². The smallest absolute Gasteiger partial charge is 0.246 e. The quantitative estimate of drug-likeness (QED) is 0.438. The van der Waals surface area contributed by atoms with Gasteiger partial charge < -0.3 is 21.5 Å². The lowest BCUT2D eigenvalue weighted by Crippen LogP contribution is -2.37. The van der Waals surface area contributed by atoms with Gasteiger partial charge in [-0.25, -0.2) is 0 Å². The van der Waals surface area contributed by atoms with Crippen molar-refractivity contribution < 1.29 is 9.53 Å². The number of nitrogens with one attached hydrogen (secondary N) is 1. The second kappa shape index (κ2) is 5.69. The van der Waals surface area contributed by atoms with Gasteiger partial charge in [0.1, 0.15) is 6.10 Å². The average molecular weight is 228 g/mol. The molecule has 0 aromatic rings. The molecule has 6 heteroatoms. The summed E-state index contributed by atoms with van der Waals surface area (Å²) in [6, 6.07) is 0.256. The molecule has 0 radical (unpaired) electrons. The molecule has 0 saturated carbocycles. The van der Waals surface area contributed by atoms with Crippen LogP contribution in [0, 0.1) is 0 Å². The summed E-state index contributed by atoms with van der Waals surface area (Å²) in [7, 11) is 0. The van der Waals surface area contributed by atoms with E-state index in [0.717, 1.165) is 6.42 Å². The molecule has 2 unspecified atom stereocenters. The zero-order valence-electron chi connectivity index (χ0n) is 9.77. The largest absolute Gasteiger partial charge is 0.370 e. The molecule has 1 heterocycles. The number of primary amides is 1. The van der Waals surface area contributed by atoms with Gasteiger partial charge in [0, 0.05) is 6.04 Å². The van der Waals surface area contributed by atoms with Crippen molar-refractivity contribution in [2.24, 2.45) is 16.5 Å². The first-order valence-corrected chi connectivity index (χ1v) is 5.50. The molecule has 1 amide bonds. The summed E-state index contributed by atoms with van der Waals surface area (Å²) in [4.78, 5) is 15.0. The van der Waals surface area contributed by atoms with E-state index in [9.17, 15) is 4.79 Å². The third-order valence-corrected chi connectivity index (χ3v) is 2.33. The summed E-state index contributed by atoms with van der Waals surface area (Å²) < 4.78 is 5.41. The van der Waals surface area contributed by atoms with Gasteiger partial charge in [-0.1, -0.05) is 0 Å². The molecular formula is C10H20N4O2. The number of amides is 1. The number of carbonyl (C=O) groups excluding carboxylic acids is 1. The fourth-order valence-corrected chi connectivity index (χ4v) is 1.59. The van der Waals surface area contributed by atoms with Crippen LogP contribution in [0.25, 0.3) is 0 Å². The molecule has 1 aliphatic rings. The molecule has 5 N–H and O–H groups in total. The van der Waals surface area contributed by atoms with Gasteiger partial charge in [-0.15, -0.1) is 0 Å². The van der Waals surface area contributed by atoms with Crippen LogP contribution in [0.5, 0.6) is 0 Å². The van der Waals surface area contributed by atoms with E-state index in [2.05, 4.69) is 10.3 Å². The Balaban J connectivity index is 2.32. The Morgan fingerprint density at radius 2 is 2.19 bits per heavy atom. The van der Waals surface area contributed by atoms with Gasteiger partial charge in [0.2, 0.25) is 5.91 Å². The SMILES string of the molecule is CC(C)NC(N)=NCC1CCC(C(N)=O)O1. The van der Waals surface area contributed by atoms with Crippen LogP contribution in [0.4, 0.5) is 0 Å². The molecule has 1 saturated heterocycles. The highest BCUT2D eigenvalue weighted by atomic mass is 16.5. The van der Waals surface area contributed by atoms with E-state index in [1.54, 1.807) is 0 Å². The lowest BCUT2D eigenvalue weighted by molar-refractivity contribution is -0.128. The third-order valence-electron chi connectivity index (χ3n) is 2.33. The van der Waals surface area contributed by atoms with E-state index < -0.39 is 12.0 Å². The van der Waals surface area contributed by atoms with Crippen LogP contribution in [-0.4, -0.2) is 36.7 Å². The highest BCUT2D eigenvalue weighted by Crippen LogP contribution is 2.19. The number of carbonyl (C=O) groups is 1. The van der Waals surface area contributed by atoms with Crippen LogP contribution in [0.15, 0.2) is 4.99 Å². The molecule has 0 aromatic heterocycles. The number of ether oxygens (including phenoxy) is 1. The average Bonchev–Trinajstić information content (AvgIpc) is 2.61. The molecule has 1 fully saturated rings. The van der Waals surface area contributed by atoms with Gasteiger partial charge in [-0.05, 0) is 26.7 Å². The fraction of sp³-hybridized carbons (Fsp3) is 0.800. The van der Waals surface area contributed by atoms with Crippen molar-refractivity contribution in [3.8, 4) is 0 Å². The van der Waals surface area contributed by atoms with Crippen molar-refractivity contribution in [3.63, 3.8) is 0 Å². The first-order valence-electron chi connectivity index (χ1n) is 5.50. The van der Waals surface area contributed by atoms with Gasteiger partial charge in [-0.2, -0.15) is 0 Å². The molecule has 1 aliphatic heterocycles. The maximum absolute atomic E-state index is 10.9. The number of nitrogens with two attached hydrogens (primary N) is 2. The molecule has 1 rings (SSSR count). The van der Waals surface area contributed by atoms with E-state index in [4.69, 9.17) is 16.2 Å². The number of nitrogens with zero attached hydrogens (tertiary/aromatic N) is 1. The molecule has 2 atom stereocenters.